The maximum Gasteiger partial charge on any atom is 0.221 e. The van der Waals surface area contributed by atoms with E-state index in [0.717, 1.165) is 27.6 Å². The SMILES string of the molecule is CC(=O)Nc1ccc(S(C)=O)cc1-n1cc(-c2cccc(-c3cn(-c4cccc5c(C(C)=O)cccc45)nn3)c2)nn1. The van der Waals surface area contributed by atoms with Gasteiger partial charge in [-0.25, -0.2) is 9.36 Å². The molecule has 6 aromatic rings. The van der Waals surface area contributed by atoms with Gasteiger partial charge in [-0.2, -0.15) is 0 Å². The van der Waals surface area contributed by atoms with Crippen LogP contribution in [0.2, 0.25) is 0 Å². The smallest absolute Gasteiger partial charge is 0.221 e. The van der Waals surface area contributed by atoms with Gasteiger partial charge in [0.15, 0.2) is 5.78 Å². The standard InChI is InChI=1S/C31H25N7O3S/c1-19(39)24-9-5-11-26-25(24)10-6-12-30(26)37-17-28(33-35-37)21-7-4-8-22(15-21)29-18-38(36-34-29)31-16-23(42(3)41)13-14-27(31)32-20(2)40/h4-18H,1-3H3,(H,32,40). The number of carbonyl (C=O) groups is 2. The fourth-order valence-corrected chi connectivity index (χ4v) is 5.38. The average molecular weight is 576 g/mol. The summed E-state index contributed by atoms with van der Waals surface area (Å²) in [5, 5.41) is 22.0. The Hall–Kier alpha value is -5.29. The van der Waals surface area contributed by atoms with Gasteiger partial charge in [-0.3, -0.25) is 13.8 Å². The molecule has 1 N–H and O–H groups in total. The first-order valence-electron chi connectivity index (χ1n) is 13.0. The number of aromatic nitrogens is 6. The van der Waals surface area contributed by atoms with E-state index in [1.807, 2.05) is 66.9 Å². The van der Waals surface area contributed by atoms with Crippen molar-refractivity contribution in [1.82, 2.24) is 30.0 Å². The minimum atomic E-state index is -1.21. The lowest BCUT2D eigenvalue weighted by Crippen LogP contribution is -2.10. The van der Waals surface area contributed by atoms with Gasteiger partial charge < -0.3 is 5.32 Å². The van der Waals surface area contributed by atoms with Crippen molar-refractivity contribution in [3.8, 4) is 33.9 Å². The number of Topliss-reactive ketones (excluding diaryl/α,β-unsaturated/α-hetero) is 1. The van der Waals surface area contributed by atoms with Gasteiger partial charge in [0.2, 0.25) is 5.91 Å². The minimum absolute atomic E-state index is 0.00477. The highest BCUT2D eigenvalue weighted by Gasteiger charge is 2.15. The quantitative estimate of drug-likeness (QED) is 0.258. The Morgan fingerprint density at radius 3 is 2.00 bits per heavy atom. The minimum Gasteiger partial charge on any atom is -0.324 e. The van der Waals surface area contributed by atoms with Crippen molar-refractivity contribution in [2.24, 2.45) is 0 Å². The molecule has 0 aliphatic heterocycles. The van der Waals surface area contributed by atoms with Crippen LogP contribution in [0.4, 0.5) is 5.69 Å². The number of hydrogen-bond donors (Lipinski definition) is 1. The number of amides is 1. The molecule has 4 aromatic carbocycles. The van der Waals surface area contributed by atoms with Gasteiger partial charge in [-0.15, -0.1) is 10.2 Å². The molecule has 1 atom stereocenters. The maximum absolute atomic E-state index is 12.2. The van der Waals surface area contributed by atoms with E-state index in [1.54, 1.807) is 46.9 Å². The normalized spacial score (nSPS) is 11.9. The monoisotopic (exact) mass is 575 g/mol. The molecule has 10 nitrogen and oxygen atoms in total. The summed E-state index contributed by atoms with van der Waals surface area (Å²) in [5.74, 6) is -0.226. The molecule has 42 heavy (non-hydrogen) atoms. The first-order chi connectivity index (χ1) is 20.3. The highest BCUT2D eigenvalue weighted by Crippen LogP contribution is 2.29. The summed E-state index contributed by atoms with van der Waals surface area (Å²) in [4.78, 5) is 24.5. The molecule has 0 saturated heterocycles. The Morgan fingerprint density at radius 1 is 0.738 bits per heavy atom. The van der Waals surface area contributed by atoms with Gasteiger partial charge in [0.25, 0.3) is 0 Å². The third-order valence-corrected chi connectivity index (χ3v) is 7.74. The Bertz CT molecular complexity index is 2030. The average Bonchev–Trinajstić information content (AvgIpc) is 3.67. The number of nitrogens with one attached hydrogen (secondary N) is 1. The van der Waals surface area contributed by atoms with Crippen LogP contribution in [0.15, 0.2) is 96.2 Å². The highest BCUT2D eigenvalue weighted by atomic mass is 32.2. The van der Waals surface area contributed by atoms with E-state index in [9.17, 15) is 13.8 Å². The second-order valence-electron chi connectivity index (χ2n) is 9.73. The highest BCUT2D eigenvalue weighted by molar-refractivity contribution is 7.84. The topological polar surface area (TPSA) is 125 Å². The number of benzene rings is 4. The van der Waals surface area contributed by atoms with Gasteiger partial charge in [-0.05, 0) is 42.6 Å². The van der Waals surface area contributed by atoms with E-state index >= 15 is 0 Å². The van der Waals surface area contributed by atoms with Crippen LogP contribution in [0.1, 0.15) is 24.2 Å². The summed E-state index contributed by atoms with van der Waals surface area (Å²) in [6.45, 7) is 2.99. The number of fused-ring (bicyclic) bond motifs is 1. The molecule has 2 aromatic heterocycles. The van der Waals surface area contributed by atoms with E-state index in [-0.39, 0.29) is 11.7 Å². The van der Waals surface area contributed by atoms with Crippen LogP contribution in [0, 0.1) is 0 Å². The van der Waals surface area contributed by atoms with Crippen LogP contribution >= 0.6 is 0 Å². The molecular weight excluding hydrogens is 550 g/mol. The van der Waals surface area contributed by atoms with Crippen molar-refractivity contribution in [1.29, 1.82) is 0 Å². The van der Waals surface area contributed by atoms with Crippen LogP contribution in [0.25, 0.3) is 44.7 Å². The largest absolute Gasteiger partial charge is 0.324 e. The molecule has 6 rings (SSSR count). The second-order valence-corrected chi connectivity index (χ2v) is 11.1. The van der Waals surface area contributed by atoms with Gasteiger partial charge >= 0.3 is 0 Å². The molecule has 0 aliphatic carbocycles. The second kappa shape index (κ2) is 10.9. The van der Waals surface area contributed by atoms with E-state index in [1.165, 1.54) is 6.92 Å². The predicted octanol–water partition coefficient (Wildman–Crippen LogP) is 5.23. The molecule has 2 heterocycles. The molecule has 1 unspecified atom stereocenters. The number of ketones is 1. The van der Waals surface area contributed by atoms with E-state index in [4.69, 9.17) is 0 Å². The van der Waals surface area contributed by atoms with Crippen LogP contribution < -0.4 is 5.32 Å². The van der Waals surface area contributed by atoms with Crippen molar-refractivity contribution in [3.63, 3.8) is 0 Å². The van der Waals surface area contributed by atoms with Crippen LogP contribution in [0.5, 0.6) is 0 Å². The van der Waals surface area contributed by atoms with Crippen LogP contribution in [-0.2, 0) is 15.6 Å². The number of hydrogen-bond acceptors (Lipinski definition) is 7. The fraction of sp³-hybridized carbons (Fsp3) is 0.0968. The van der Waals surface area contributed by atoms with Crippen molar-refractivity contribution in [3.05, 3.63) is 96.8 Å². The van der Waals surface area contributed by atoms with Crippen molar-refractivity contribution >= 4 is 38.9 Å². The summed E-state index contributed by atoms with van der Waals surface area (Å²) in [7, 11) is -1.21. The number of anilines is 1. The molecule has 0 bridgehead atoms. The zero-order chi connectivity index (χ0) is 29.4. The van der Waals surface area contributed by atoms with Crippen molar-refractivity contribution < 1.29 is 13.8 Å². The van der Waals surface area contributed by atoms with Gasteiger partial charge in [0.05, 0.1) is 29.5 Å². The lowest BCUT2D eigenvalue weighted by molar-refractivity contribution is -0.114. The van der Waals surface area contributed by atoms with E-state index in [0.29, 0.717) is 33.2 Å². The zero-order valence-electron chi connectivity index (χ0n) is 23.0. The first kappa shape index (κ1) is 26.9. The molecule has 0 aliphatic rings. The van der Waals surface area contributed by atoms with Crippen LogP contribution in [-0.4, -0.2) is 52.1 Å². The third kappa shape index (κ3) is 5.13. The first-order valence-corrected chi connectivity index (χ1v) is 14.6. The van der Waals surface area contributed by atoms with E-state index in [2.05, 4.69) is 25.9 Å². The predicted molar refractivity (Wildman–Crippen MR) is 161 cm³/mol. The Morgan fingerprint density at radius 2 is 1.36 bits per heavy atom. The summed E-state index contributed by atoms with van der Waals surface area (Å²) in [6.07, 6.45) is 5.19. The molecule has 11 heteroatoms. The van der Waals surface area contributed by atoms with Crippen molar-refractivity contribution in [2.75, 3.05) is 11.6 Å². The number of carbonyl (C=O) groups excluding carboxylic acids is 2. The summed E-state index contributed by atoms with van der Waals surface area (Å²) >= 11 is 0. The van der Waals surface area contributed by atoms with E-state index < -0.39 is 10.8 Å². The lowest BCUT2D eigenvalue weighted by Gasteiger charge is -2.10. The van der Waals surface area contributed by atoms with Gasteiger partial charge in [0, 0.05) is 51.0 Å². The summed E-state index contributed by atoms with van der Waals surface area (Å²) in [5.41, 5.74) is 5.47. The molecule has 1 amide bonds. The Labute approximate surface area is 243 Å². The Kier molecular flexibility index (Phi) is 7.01. The maximum atomic E-state index is 12.2. The lowest BCUT2D eigenvalue weighted by atomic mass is 10.0. The molecule has 0 fully saturated rings. The summed E-state index contributed by atoms with van der Waals surface area (Å²) < 4.78 is 15.4. The van der Waals surface area contributed by atoms with Crippen molar-refractivity contribution in [2.45, 2.75) is 18.7 Å². The van der Waals surface area contributed by atoms with Gasteiger partial charge in [-0.1, -0.05) is 59.0 Å². The molecule has 0 saturated carbocycles. The molecule has 0 spiro atoms. The van der Waals surface area contributed by atoms with Crippen LogP contribution in [0.3, 0.4) is 0 Å². The fourth-order valence-electron chi connectivity index (χ4n) is 4.84. The summed E-state index contributed by atoms with van der Waals surface area (Å²) in [6, 6.07) is 24.3. The van der Waals surface area contributed by atoms with Gasteiger partial charge in [0.1, 0.15) is 11.4 Å². The number of nitrogens with zero attached hydrogens (tertiary/aromatic N) is 6. The molecule has 0 radical (unpaired) electrons. The molecular formula is C31H25N7O3S. The molecule has 208 valence electrons. The number of rotatable bonds is 7. The zero-order valence-corrected chi connectivity index (χ0v) is 23.8. The Balaban J connectivity index is 1.34. The third-order valence-electron chi connectivity index (χ3n) is 6.82.